The molecule has 107 heavy (non-hydrogen) atoms. The van der Waals surface area contributed by atoms with Crippen LogP contribution in [0.4, 0.5) is 11.4 Å². The molecular formula is C88H62N8O11. The van der Waals surface area contributed by atoms with E-state index in [2.05, 4.69) is 78.3 Å². The highest BCUT2D eigenvalue weighted by molar-refractivity contribution is 6.14. The van der Waals surface area contributed by atoms with E-state index in [1.165, 1.54) is 12.1 Å². The van der Waals surface area contributed by atoms with Crippen LogP contribution in [0.15, 0.2) is 215 Å². The number of hydrogen-bond acceptors (Lipinski definition) is 15. The number of benzene rings is 10. The van der Waals surface area contributed by atoms with Crippen LogP contribution < -0.4 is 0 Å². The summed E-state index contributed by atoms with van der Waals surface area (Å²) >= 11 is 0. The lowest BCUT2D eigenvalue weighted by molar-refractivity contribution is 0.178. The summed E-state index contributed by atoms with van der Waals surface area (Å²) in [5.41, 5.74) is 38.3. The molecule has 19 heteroatoms. The molecule has 3 spiro atoms. The van der Waals surface area contributed by atoms with Gasteiger partial charge in [0.1, 0.15) is 17.2 Å². The lowest BCUT2D eigenvalue weighted by Gasteiger charge is -2.26. The maximum absolute atomic E-state index is 10.7. The molecule has 6 aliphatic rings. The van der Waals surface area contributed by atoms with E-state index in [4.69, 9.17) is 46.4 Å². The number of nitrogens with zero attached hydrogens (tertiary/aromatic N) is 8. The molecule has 0 aliphatic heterocycles. The van der Waals surface area contributed by atoms with Gasteiger partial charge in [0.15, 0.2) is 47.7 Å². The summed E-state index contributed by atoms with van der Waals surface area (Å²) in [5, 5.41) is 110. The van der Waals surface area contributed by atoms with Crippen LogP contribution in [-0.4, -0.2) is 70.6 Å². The predicted octanol–water partition coefficient (Wildman–Crippen LogP) is 17.3. The van der Waals surface area contributed by atoms with Gasteiger partial charge in [0.25, 0.3) is 0 Å². The maximum atomic E-state index is 10.7. The van der Waals surface area contributed by atoms with E-state index in [1.54, 1.807) is 66.7 Å². The van der Waals surface area contributed by atoms with Gasteiger partial charge in [-0.1, -0.05) is 160 Å². The van der Waals surface area contributed by atoms with E-state index < -0.39 is 16.2 Å². The minimum Gasteiger partial charge on any atom is -0.508 e. The third-order valence-corrected chi connectivity index (χ3v) is 20.4. The van der Waals surface area contributed by atoms with Crippen molar-refractivity contribution in [1.29, 1.82) is 0 Å². The molecule has 520 valence electrons. The Bertz CT molecular complexity index is 5600. The predicted molar refractivity (Wildman–Crippen MR) is 410 cm³/mol. The van der Waals surface area contributed by atoms with Gasteiger partial charge in [-0.05, 0) is 228 Å². The maximum Gasteiger partial charge on any atom is 0.177 e. The molecule has 10 aromatic carbocycles. The largest absolute Gasteiger partial charge is 0.508 e. The molecule has 0 amide bonds. The Labute approximate surface area is 614 Å². The summed E-state index contributed by atoms with van der Waals surface area (Å²) in [5.74, 6) is 9.20. The molecule has 0 bridgehead atoms. The third-order valence-electron chi connectivity index (χ3n) is 20.4. The fourth-order valence-electron chi connectivity index (χ4n) is 15.3. The van der Waals surface area contributed by atoms with Gasteiger partial charge >= 0.3 is 0 Å². The van der Waals surface area contributed by atoms with Crippen molar-refractivity contribution in [3.05, 3.63) is 332 Å². The number of aromatic hydroxyl groups is 9. The van der Waals surface area contributed by atoms with Gasteiger partial charge in [0.2, 0.25) is 0 Å². The number of phenolic OH excluding ortho intramolecular Hbond substituents is 9. The first kappa shape index (κ1) is 69.3. The first-order valence-electron chi connectivity index (χ1n) is 33.4. The standard InChI is InChI=1S/C34H22O3.C30H20N6O3.C24H20N2O5/c1-4-21-6-10-23(11-7-21)27-18-34(29-14-20(3)31(35)15-25(27)29)19-28(24-12-8-22(5-2)9-13-24)26-16-32(36)33(37)17-30(26)34;1-16-10-25-21(11-27(16)37)23(17-2-6-19(7-3-17)33-35-31)14-30(25)15-24(18-4-8-20(9-5-18)34-36-32)22-12-28(38)29(39)13-26(22)30;1-4-6-30-25-19-12-24(17-8-14(3)21(27)9-15(17)19)13-20(26-31-7-5-2)16-10-22(28)23(29)11-18(16)24/h1-2,6-19,35-37H,3H3;2-15,37-39H,1H3;1-2,8-11,27-29H,6-7,12-13H2,3H3/b;;25-19+,26-20+. The van der Waals surface area contributed by atoms with Crippen LogP contribution in [0.25, 0.3) is 43.2 Å². The Morgan fingerprint density at radius 1 is 0.364 bits per heavy atom. The average Bonchev–Trinajstić information content (AvgIpc) is 1.55. The van der Waals surface area contributed by atoms with E-state index in [-0.39, 0.29) is 65.0 Å². The zero-order valence-electron chi connectivity index (χ0n) is 57.5. The molecule has 16 rings (SSSR count). The van der Waals surface area contributed by atoms with Crippen molar-refractivity contribution >= 4 is 45.1 Å². The number of azide groups is 2. The Morgan fingerprint density at radius 3 is 0.963 bits per heavy atom. The number of rotatable bonds is 10. The molecule has 0 fully saturated rings. The number of fused-ring (bicyclic) bond motifs is 12. The molecule has 0 saturated heterocycles. The van der Waals surface area contributed by atoms with Gasteiger partial charge in [0.05, 0.1) is 22.3 Å². The summed E-state index contributed by atoms with van der Waals surface area (Å²) in [6.45, 7) is 5.53. The lowest BCUT2D eigenvalue weighted by Crippen LogP contribution is -2.22. The van der Waals surface area contributed by atoms with Crippen LogP contribution in [0.2, 0.25) is 0 Å². The highest BCUT2D eigenvalue weighted by atomic mass is 16.6. The van der Waals surface area contributed by atoms with Gasteiger partial charge in [-0.3, -0.25) is 0 Å². The highest BCUT2D eigenvalue weighted by Gasteiger charge is 2.52. The fraction of sp³-hybridized carbons (Fsp3) is 0.114. The number of aryl methyl sites for hydroxylation is 3. The first-order chi connectivity index (χ1) is 51.6. The van der Waals surface area contributed by atoms with Crippen LogP contribution in [0.1, 0.15) is 130 Å². The second-order valence-electron chi connectivity index (χ2n) is 26.6. The van der Waals surface area contributed by atoms with Gasteiger partial charge in [0, 0.05) is 61.7 Å². The van der Waals surface area contributed by atoms with E-state index in [0.29, 0.717) is 52.3 Å². The summed E-state index contributed by atoms with van der Waals surface area (Å²) in [4.78, 5) is 16.1. The summed E-state index contributed by atoms with van der Waals surface area (Å²) in [6, 6.07) is 50.2. The fourth-order valence-corrected chi connectivity index (χ4v) is 15.3. The molecule has 3 unspecified atom stereocenters. The molecule has 0 radical (unpaired) electrons. The highest BCUT2D eigenvalue weighted by Crippen LogP contribution is 2.61. The molecular weight excluding hydrogens is 1350 g/mol. The van der Waals surface area contributed by atoms with Gasteiger partial charge in [-0.2, -0.15) is 0 Å². The molecule has 0 saturated carbocycles. The van der Waals surface area contributed by atoms with Gasteiger partial charge in [-0.25, -0.2) is 0 Å². The molecule has 19 nitrogen and oxygen atoms in total. The quantitative estimate of drug-likeness (QED) is 0.0118. The first-order valence-corrected chi connectivity index (χ1v) is 33.4. The smallest absolute Gasteiger partial charge is 0.177 e. The van der Waals surface area contributed by atoms with Crippen molar-refractivity contribution in [2.45, 2.75) is 49.9 Å². The Kier molecular flexibility index (Phi) is 17.6. The monoisotopic (exact) mass is 1410 g/mol. The van der Waals surface area contributed by atoms with E-state index in [9.17, 15) is 46.0 Å². The Hall–Kier alpha value is -14.8. The van der Waals surface area contributed by atoms with Crippen molar-refractivity contribution in [3.8, 4) is 101 Å². The molecule has 0 aromatic heterocycles. The number of allylic oxidation sites excluding steroid dienone is 4. The molecule has 6 aliphatic carbocycles. The number of terminal acetylenes is 4. The van der Waals surface area contributed by atoms with Crippen molar-refractivity contribution < 1.29 is 55.6 Å². The van der Waals surface area contributed by atoms with Crippen LogP contribution in [0.3, 0.4) is 0 Å². The zero-order chi connectivity index (χ0) is 75.4. The summed E-state index contributed by atoms with van der Waals surface area (Å²) in [7, 11) is 0. The summed E-state index contributed by atoms with van der Waals surface area (Å²) < 4.78 is 0. The van der Waals surface area contributed by atoms with Gasteiger partial charge in [-0.15, -0.1) is 25.7 Å². The third kappa shape index (κ3) is 11.9. The van der Waals surface area contributed by atoms with Crippen LogP contribution >= 0.6 is 0 Å². The van der Waals surface area contributed by atoms with E-state index in [1.807, 2.05) is 112 Å². The zero-order valence-corrected chi connectivity index (χ0v) is 57.5. The molecule has 10 aromatic rings. The molecule has 0 heterocycles. The van der Waals surface area contributed by atoms with Gasteiger partial charge < -0.3 is 55.6 Å². The molecule has 9 N–H and O–H groups in total. The minimum atomic E-state index is -0.814. The second-order valence-corrected chi connectivity index (χ2v) is 26.6. The summed E-state index contributed by atoms with van der Waals surface area (Å²) in [6.07, 6.45) is 31.0. The number of phenols is 9. The number of hydrogen-bond donors (Lipinski definition) is 9. The van der Waals surface area contributed by atoms with E-state index >= 15 is 0 Å². The van der Waals surface area contributed by atoms with Crippen LogP contribution in [0.5, 0.6) is 51.7 Å². The number of oxime groups is 2. The normalized spacial score (nSPS) is 18.0. The average molecular weight is 1410 g/mol. The van der Waals surface area contributed by atoms with Crippen molar-refractivity contribution in [2.24, 2.45) is 20.5 Å². The van der Waals surface area contributed by atoms with Crippen LogP contribution in [-0.2, 0) is 25.9 Å². The Morgan fingerprint density at radius 2 is 0.636 bits per heavy atom. The van der Waals surface area contributed by atoms with Crippen molar-refractivity contribution in [3.63, 3.8) is 0 Å². The van der Waals surface area contributed by atoms with Crippen LogP contribution in [0, 0.1) is 70.1 Å². The van der Waals surface area contributed by atoms with Crippen molar-refractivity contribution in [2.75, 3.05) is 13.2 Å². The topological polar surface area (TPSA) is 323 Å². The lowest BCUT2D eigenvalue weighted by atomic mass is 9.76. The minimum absolute atomic E-state index is 0.00606. The van der Waals surface area contributed by atoms with E-state index in [0.717, 1.165) is 122 Å². The molecule has 3 atom stereocenters. The van der Waals surface area contributed by atoms with Crippen molar-refractivity contribution in [1.82, 2.24) is 0 Å². The SMILES string of the molecule is C#CCO/N=C1\CC2(C/C(=N\OCC#C)c3cc(O)c(O)cc32)c2cc(C)c(O)cc21.C#Cc1ccc(C2=CC3(C=C(c4ccc(C#C)cc4)c4cc(O)c(O)cc43)c3cc(C)c(O)cc32)cc1.Cc1cc2c(cc1O)C(c1ccc(N=[N+]=[N-])cc1)=CC21C=C(c2ccc(N=[N+]=[N-])cc2)c2cc(O)c(O)cc21. The second kappa shape index (κ2) is 27.2. The Balaban J connectivity index is 0.000000136.